The molecule has 1 aromatic carbocycles. The van der Waals surface area contributed by atoms with Gasteiger partial charge in [0.2, 0.25) is 0 Å². The van der Waals surface area contributed by atoms with E-state index in [-0.39, 0.29) is 11.5 Å². The Morgan fingerprint density at radius 1 is 1.14 bits per heavy atom. The molecular formula is C15H17BrF2N2O. The van der Waals surface area contributed by atoms with E-state index in [1.54, 1.807) is 4.90 Å². The molecule has 0 spiro atoms. The Labute approximate surface area is 130 Å². The van der Waals surface area contributed by atoms with Gasteiger partial charge in [-0.3, -0.25) is 4.79 Å². The lowest BCUT2D eigenvalue weighted by molar-refractivity contribution is 0.0757. The predicted octanol–water partition coefficient (Wildman–Crippen LogP) is 2.80. The summed E-state index contributed by atoms with van der Waals surface area (Å²) in [5.41, 5.74) is 0.194. The van der Waals surface area contributed by atoms with Gasteiger partial charge in [0.25, 0.3) is 5.91 Å². The Morgan fingerprint density at radius 2 is 1.71 bits per heavy atom. The average molecular weight is 359 g/mol. The molecule has 0 aromatic heterocycles. The SMILES string of the molecule is O=C(c1cc(F)c(F)cc1Br)N1CC[C@@H]2CNC[C@@H]2CC1. The molecule has 0 bridgehead atoms. The Balaban J connectivity index is 1.77. The number of carbonyl (C=O) groups is 1. The van der Waals surface area contributed by atoms with Crippen molar-refractivity contribution < 1.29 is 13.6 Å². The van der Waals surface area contributed by atoms with Gasteiger partial charge in [0, 0.05) is 17.6 Å². The van der Waals surface area contributed by atoms with Crippen molar-refractivity contribution in [2.24, 2.45) is 11.8 Å². The molecule has 2 saturated heterocycles. The van der Waals surface area contributed by atoms with Crippen LogP contribution in [-0.2, 0) is 0 Å². The van der Waals surface area contributed by atoms with Crippen molar-refractivity contribution in [3.63, 3.8) is 0 Å². The van der Waals surface area contributed by atoms with Gasteiger partial charge in [0.1, 0.15) is 0 Å². The van der Waals surface area contributed by atoms with Gasteiger partial charge < -0.3 is 10.2 Å². The van der Waals surface area contributed by atoms with Crippen LogP contribution in [0, 0.1) is 23.5 Å². The van der Waals surface area contributed by atoms with Gasteiger partial charge in [-0.2, -0.15) is 0 Å². The van der Waals surface area contributed by atoms with Gasteiger partial charge in [-0.05, 0) is 65.8 Å². The first kappa shape index (κ1) is 14.9. The number of likely N-dealkylation sites (tertiary alicyclic amines) is 1. The van der Waals surface area contributed by atoms with Crippen LogP contribution >= 0.6 is 15.9 Å². The number of carbonyl (C=O) groups excluding carboxylic acids is 1. The maximum Gasteiger partial charge on any atom is 0.255 e. The van der Waals surface area contributed by atoms with Crippen LogP contribution in [0.4, 0.5) is 8.78 Å². The van der Waals surface area contributed by atoms with Crippen LogP contribution in [0.5, 0.6) is 0 Å². The molecule has 0 unspecified atom stereocenters. The van der Waals surface area contributed by atoms with Gasteiger partial charge in [0.05, 0.1) is 5.56 Å². The Bertz CT molecular complexity index is 553. The third-order valence-corrected chi connectivity index (χ3v) is 5.20. The van der Waals surface area contributed by atoms with E-state index in [0.717, 1.165) is 38.1 Å². The van der Waals surface area contributed by atoms with Gasteiger partial charge >= 0.3 is 0 Å². The molecule has 2 fully saturated rings. The van der Waals surface area contributed by atoms with Crippen LogP contribution in [0.15, 0.2) is 16.6 Å². The molecule has 0 aliphatic carbocycles. The van der Waals surface area contributed by atoms with Gasteiger partial charge in [0.15, 0.2) is 11.6 Å². The highest BCUT2D eigenvalue weighted by molar-refractivity contribution is 9.10. The van der Waals surface area contributed by atoms with Crippen molar-refractivity contribution in [1.82, 2.24) is 10.2 Å². The minimum atomic E-state index is -0.988. The van der Waals surface area contributed by atoms with Crippen molar-refractivity contribution in [3.05, 3.63) is 33.8 Å². The first-order valence-corrected chi connectivity index (χ1v) is 8.00. The normalized spacial score (nSPS) is 25.6. The molecule has 0 saturated carbocycles. The molecule has 1 amide bonds. The largest absolute Gasteiger partial charge is 0.339 e. The van der Waals surface area contributed by atoms with E-state index in [4.69, 9.17) is 0 Å². The lowest BCUT2D eigenvalue weighted by atomic mass is 9.92. The molecule has 3 nitrogen and oxygen atoms in total. The molecule has 3 rings (SSSR count). The van der Waals surface area contributed by atoms with Crippen LogP contribution in [-0.4, -0.2) is 37.0 Å². The van der Waals surface area contributed by atoms with Gasteiger partial charge in [-0.15, -0.1) is 0 Å². The summed E-state index contributed by atoms with van der Waals surface area (Å²) in [7, 11) is 0. The number of nitrogens with zero attached hydrogens (tertiary/aromatic N) is 1. The molecule has 1 N–H and O–H groups in total. The van der Waals surface area contributed by atoms with Crippen molar-refractivity contribution in [2.75, 3.05) is 26.2 Å². The molecule has 2 atom stereocenters. The fourth-order valence-electron chi connectivity index (χ4n) is 3.28. The molecule has 2 aliphatic rings. The second-order valence-corrected chi connectivity index (χ2v) is 6.65. The molecule has 6 heteroatoms. The second-order valence-electron chi connectivity index (χ2n) is 5.79. The Hall–Kier alpha value is -1.01. The van der Waals surface area contributed by atoms with E-state index in [9.17, 15) is 13.6 Å². The summed E-state index contributed by atoms with van der Waals surface area (Å²) in [6.45, 7) is 3.38. The lowest BCUT2D eigenvalue weighted by Gasteiger charge is -2.21. The number of nitrogens with one attached hydrogen (secondary N) is 1. The number of hydrogen-bond acceptors (Lipinski definition) is 2. The number of rotatable bonds is 1. The molecule has 21 heavy (non-hydrogen) atoms. The van der Waals surface area contributed by atoms with Gasteiger partial charge in [-0.1, -0.05) is 0 Å². The van der Waals surface area contributed by atoms with Crippen molar-refractivity contribution in [2.45, 2.75) is 12.8 Å². The van der Waals surface area contributed by atoms with Crippen LogP contribution < -0.4 is 5.32 Å². The van der Waals surface area contributed by atoms with E-state index >= 15 is 0 Å². The third-order valence-electron chi connectivity index (χ3n) is 4.55. The summed E-state index contributed by atoms with van der Waals surface area (Å²) in [5, 5.41) is 3.39. The maximum absolute atomic E-state index is 13.4. The first-order chi connectivity index (χ1) is 10.1. The summed E-state index contributed by atoms with van der Waals surface area (Å²) in [4.78, 5) is 14.3. The molecule has 2 aliphatic heterocycles. The van der Waals surface area contributed by atoms with Crippen molar-refractivity contribution in [3.8, 4) is 0 Å². The topological polar surface area (TPSA) is 32.3 Å². The number of fused-ring (bicyclic) bond motifs is 1. The molecule has 2 heterocycles. The average Bonchev–Trinajstić information content (AvgIpc) is 2.81. The highest BCUT2D eigenvalue weighted by Gasteiger charge is 2.32. The van der Waals surface area contributed by atoms with Crippen LogP contribution in [0.3, 0.4) is 0 Å². The minimum Gasteiger partial charge on any atom is -0.339 e. The summed E-state index contributed by atoms with van der Waals surface area (Å²) in [6, 6.07) is 1.99. The zero-order valence-corrected chi connectivity index (χ0v) is 13.1. The Kier molecular flexibility index (Phi) is 4.26. The summed E-state index contributed by atoms with van der Waals surface area (Å²) in [5.74, 6) is -0.923. The van der Waals surface area contributed by atoms with Crippen LogP contribution in [0.1, 0.15) is 23.2 Å². The minimum absolute atomic E-state index is 0.194. The fourth-order valence-corrected chi connectivity index (χ4v) is 3.76. The van der Waals surface area contributed by atoms with Crippen molar-refractivity contribution in [1.29, 1.82) is 0 Å². The number of hydrogen-bond donors (Lipinski definition) is 1. The highest BCUT2D eigenvalue weighted by atomic mass is 79.9. The zero-order valence-electron chi connectivity index (χ0n) is 11.5. The fraction of sp³-hybridized carbons (Fsp3) is 0.533. The number of halogens is 3. The maximum atomic E-state index is 13.4. The summed E-state index contributed by atoms with van der Waals surface area (Å²) >= 11 is 3.15. The van der Waals surface area contributed by atoms with Crippen LogP contribution in [0.25, 0.3) is 0 Å². The van der Waals surface area contributed by atoms with E-state index < -0.39 is 11.6 Å². The highest BCUT2D eigenvalue weighted by Crippen LogP contribution is 2.29. The molecule has 1 aromatic rings. The molecular weight excluding hydrogens is 342 g/mol. The van der Waals surface area contributed by atoms with Crippen molar-refractivity contribution >= 4 is 21.8 Å². The van der Waals surface area contributed by atoms with E-state index in [1.165, 1.54) is 0 Å². The van der Waals surface area contributed by atoms with Gasteiger partial charge in [-0.25, -0.2) is 8.78 Å². The number of benzene rings is 1. The third kappa shape index (κ3) is 2.97. The standard InChI is InChI=1S/C15H17BrF2N2O/c16-12-6-14(18)13(17)5-11(12)15(21)20-3-1-9-7-19-8-10(9)2-4-20/h5-6,9-10,19H,1-4,7-8H2/t9-,10+. The van der Waals surface area contributed by atoms with E-state index in [2.05, 4.69) is 21.2 Å². The molecule has 114 valence electrons. The second kappa shape index (κ2) is 6.01. The first-order valence-electron chi connectivity index (χ1n) is 7.21. The van der Waals surface area contributed by atoms with E-state index in [0.29, 0.717) is 29.4 Å². The zero-order chi connectivity index (χ0) is 15.0. The number of amides is 1. The lowest BCUT2D eigenvalue weighted by Crippen LogP contribution is -2.33. The quantitative estimate of drug-likeness (QED) is 0.783. The smallest absolute Gasteiger partial charge is 0.255 e. The Morgan fingerprint density at radius 3 is 2.33 bits per heavy atom. The van der Waals surface area contributed by atoms with E-state index in [1.807, 2.05) is 0 Å². The predicted molar refractivity (Wildman–Crippen MR) is 79.0 cm³/mol. The molecule has 0 radical (unpaired) electrons. The monoisotopic (exact) mass is 358 g/mol. The summed E-state index contributed by atoms with van der Waals surface area (Å²) in [6.07, 6.45) is 1.93. The van der Waals surface area contributed by atoms with Crippen LogP contribution in [0.2, 0.25) is 0 Å². The summed E-state index contributed by atoms with van der Waals surface area (Å²) < 4.78 is 26.8.